The maximum Gasteiger partial charge on any atom is 0.293 e. The van der Waals surface area contributed by atoms with Gasteiger partial charge in [-0.2, -0.15) is 0 Å². The second-order valence-corrected chi connectivity index (χ2v) is 5.86. The van der Waals surface area contributed by atoms with Crippen LogP contribution in [0.15, 0.2) is 24.3 Å². The lowest BCUT2D eigenvalue weighted by atomic mass is 10.2. The van der Waals surface area contributed by atoms with Gasteiger partial charge in [0, 0.05) is 37.2 Å². The van der Waals surface area contributed by atoms with E-state index in [1.807, 2.05) is 12.1 Å². The van der Waals surface area contributed by atoms with Crippen LogP contribution in [-0.2, 0) is 4.79 Å². The van der Waals surface area contributed by atoms with Gasteiger partial charge in [-0.1, -0.05) is 0 Å². The third-order valence-electron chi connectivity index (χ3n) is 4.29. The minimum atomic E-state index is -0.291. The van der Waals surface area contributed by atoms with Gasteiger partial charge in [0.2, 0.25) is 0 Å². The SMILES string of the molecule is CCN(CC)c1ccc(C(=O)NNC(=O)C[NH+]2CCCC2)cc1. The highest BCUT2D eigenvalue weighted by Gasteiger charge is 2.19. The minimum absolute atomic E-state index is 0.144. The van der Waals surface area contributed by atoms with Crippen LogP contribution < -0.4 is 20.7 Å². The van der Waals surface area contributed by atoms with Gasteiger partial charge in [0.05, 0.1) is 13.1 Å². The summed E-state index contributed by atoms with van der Waals surface area (Å²) >= 11 is 0. The highest BCUT2D eigenvalue weighted by atomic mass is 16.2. The first-order chi connectivity index (χ1) is 11.1. The highest BCUT2D eigenvalue weighted by molar-refractivity contribution is 5.95. The van der Waals surface area contributed by atoms with Gasteiger partial charge in [0.1, 0.15) is 0 Å². The zero-order chi connectivity index (χ0) is 16.7. The quantitative estimate of drug-likeness (QED) is 0.645. The van der Waals surface area contributed by atoms with Crippen molar-refractivity contribution in [3.05, 3.63) is 29.8 Å². The molecule has 6 nitrogen and oxygen atoms in total. The Labute approximate surface area is 137 Å². The van der Waals surface area contributed by atoms with Crippen LogP contribution in [0.3, 0.4) is 0 Å². The van der Waals surface area contributed by atoms with Gasteiger partial charge in [-0.05, 0) is 38.1 Å². The molecule has 23 heavy (non-hydrogen) atoms. The zero-order valence-corrected chi connectivity index (χ0v) is 14.0. The third kappa shape index (κ3) is 4.96. The second-order valence-electron chi connectivity index (χ2n) is 5.86. The summed E-state index contributed by atoms with van der Waals surface area (Å²) in [5, 5.41) is 0. The van der Waals surface area contributed by atoms with Gasteiger partial charge in [-0.25, -0.2) is 0 Å². The molecule has 126 valence electrons. The molecule has 0 radical (unpaired) electrons. The smallest absolute Gasteiger partial charge is 0.293 e. The Morgan fingerprint density at radius 2 is 1.65 bits per heavy atom. The van der Waals surface area contributed by atoms with Gasteiger partial charge < -0.3 is 9.80 Å². The fraction of sp³-hybridized carbons (Fsp3) is 0.529. The molecule has 1 aliphatic rings. The number of carbonyl (C=O) groups is 2. The van der Waals surface area contributed by atoms with Crippen molar-refractivity contribution >= 4 is 17.5 Å². The molecule has 0 aliphatic carbocycles. The molecular weight excluding hydrogens is 292 g/mol. The number of amides is 2. The van der Waals surface area contributed by atoms with Crippen molar-refractivity contribution in [2.24, 2.45) is 0 Å². The first kappa shape index (κ1) is 17.3. The molecule has 0 spiro atoms. The summed E-state index contributed by atoms with van der Waals surface area (Å²) in [5.41, 5.74) is 6.61. The summed E-state index contributed by atoms with van der Waals surface area (Å²) in [4.78, 5) is 27.4. The van der Waals surface area contributed by atoms with E-state index in [1.54, 1.807) is 12.1 Å². The number of hydrogen-bond acceptors (Lipinski definition) is 3. The van der Waals surface area contributed by atoms with Gasteiger partial charge in [-0.3, -0.25) is 20.4 Å². The molecule has 1 fully saturated rings. The van der Waals surface area contributed by atoms with E-state index in [-0.39, 0.29) is 11.8 Å². The van der Waals surface area contributed by atoms with Crippen molar-refractivity contribution < 1.29 is 14.5 Å². The Balaban J connectivity index is 1.81. The first-order valence-corrected chi connectivity index (χ1v) is 8.41. The Kier molecular flexibility index (Phi) is 6.40. The molecule has 0 bridgehead atoms. The number of quaternary nitrogens is 1. The van der Waals surface area contributed by atoms with Gasteiger partial charge in [0.15, 0.2) is 6.54 Å². The van der Waals surface area contributed by atoms with E-state index in [1.165, 1.54) is 17.7 Å². The average Bonchev–Trinajstić information content (AvgIpc) is 3.07. The van der Waals surface area contributed by atoms with Crippen LogP contribution in [-0.4, -0.2) is 44.5 Å². The molecule has 1 aromatic rings. The first-order valence-electron chi connectivity index (χ1n) is 8.41. The van der Waals surface area contributed by atoms with Crippen molar-refractivity contribution in [3.63, 3.8) is 0 Å². The molecule has 3 N–H and O–H groups in total. The van der Waals surface area contributed by atoms with Crippen LogP contribution in [0.2, 0.25) is 0 Å². The highest BCUT2D eigenvalue weighted by Crippen LogP contribution is 2.14. The number of rotatable bonds is 6. The van der Waals surface area contributed by atoms with E-state index in [0.717, 1.165) is 31.9 Å². The Hall–Kier alpha value is -2.08. The summed E-state index contributed by atoms with van der Waals surface area (Å²) in [6.45, 7) is 8.54. The number of carbonyl (C=O) groups excluding carboxylic acids is 2. The maximum atomic E-state index is 12.1. The molecule has 0 aromatic heterocycles. The van der Waals surface area contributed by atoms with Crippen LogP contribution in [0.4, 0.5) is 5.69 Å². The number of benzene rings is 1. The van der Waals surface area contributed by atoms with E-state index in [4.69, 9.17) is 0 Å². The van der Waals surface area contributed by atoms with Gasteiger partial charge >= 0.3 is 0 Å². The van der Waals surface area contributed by atoms with Crippen LogP contribution in [0.1, 0.15) is 37.0 Å². The minimum Gasteiger partial charge on any atom is -0.372 e. The summed E-state index contributed by atoms with van der Waals surface area (Å²) in [6, 6.07) is 7.41. The van der Waals surface area contributed by atoms with Crippen LogP contribution in [0.5, 0.6) is 0 Å². The summed E-state index contributed by atoms with van der Waals surface area (Å²) < 4.78 is 0. The standard InChI is InChI=1S/C17H26N4O2/c1-3-21(4-2)15-9-7-14(8-10-15)17(23)19-18-16(22)13-20-11-5-6-12-20/h7-10H,3-6,11-13H2,1-2H3,(H,18,22)(H,19,23)/p+1. The number of anilines is 1. The molecular formula is C17H27N4O2+. The number of nitrogens with zero attached hydrogens (tertiary/aromatic N) is 1. The average molecular weight is 319 g/mol. The van der Waals surface area contributed by atoms with Crippen molar-refractivity contribution in [2.45, 2.75) is 26.7 Å². The molecule has 2 rings (SSSR count). The van der Waals surface area contributed by atoms with E-state index in [2.05, 4.69) is 29.6 Å². The molecule has 1 saturated heterocycles. The Bertz CT molecular complexity index is 520. The fourth-order valence-electron chi connectivity index (χ4n) is 2.93. The maximum absolute atomic E-state index is 12.1. The molecule has 1 aromatic carbocycles. The van der Waals surface area contributed by atoms with Crippen LogP contribution in [0, 0.1) is 0 Å². The second kappa shape index (κ2) is 8.53. The van der Waals surface area contributed by atoms with Gasteiger partial charge in [-0.15, -0.1) is 0 Å². The predicted molar refractivity (Wildman–Crippen MR) is 90.4 cm³/mol. The lowest BCUT2D eigenvalue weighted by Gasteiger charge is -2.21. The third-order valence-corrected chi connectivity index (χ3v) is 4.29. The lowest BCUT2D eigenvalue weighted by molar-refractivity contribution is -0.879. The molecule has 2 amide bonds. The molecule has 6 heteroatoms. The number of hydrogen-bond donors (Lipinski definition) is 3. The van der Waals surface area contributed by atoms with Crippen molar-refractivity contribution in [1.82, 2.24) is 10.9 Å². The van der Waals surface area contributed by atoms with Crippen molar-refractivity contribution in [2.75, 3.05) is 37.6 Å². The topological polar surface area (TPSA) is 65.9 Å². The zero-order valence-electron chi connectivity index (χ0n) is 14.0. The summed E-state index contributed by atoms with van der Waals surface area (Å²) in [7, 11) is 0. The number of nitrogens with one attached hydrogen (secondary N) is 3. The number of hydrazine groups is 1. The van der Waals surface area contributed by atoms with Crippen LogP contribution in [0.25, 0.3) is 0 Å². The fourth-order valence-corrected chi connectivity index (χ4v) is 2.93. The Morgan fingerprint density at radius 3 is 2.22 bits per heavy atom. The summed E-state index contributed by atoms with van der Waals surface area (Å²) in [6.07, 6.45) is 2.35. The predicted octanol–water partition coefficient (Wildman–Crippen LogP) is -0.0275. The molecule has 0 saturated carbocycles. The largest absolute Gasteiger partial charge is 0.372 e. The molecule has 1 aliphatic heterocycles. The summed E-state index contributed by atoms with van der Waals surface area (Å²) in [5.74, 6) is -0.434. The normalized spacial score (nSPS) is 14.5. The Morgan fingerprint density at radius 1 is 1.04 bits per heavy atom. The number of likely N-dealkylation sites (tertiary alicyclic amines) is 1. The van der Waals surface area contributed by atoms with E-state index >= 15 is 0 Å². The molecule has 1 heterocycles. The monoisotopic (exact) mass is 319 g/mol. The van der Waals surface area contributed by atoms with Crippen molar-refractivity contribution in [1.29, 1.82) is 0 Å². The molecule has 0 atom stereocenters. The van der Waals surface area contributed by atoms with Crippen molar-refractivity contribution in [3.8, 4) is 0 Å². The van der Waals surface area contributed by atoms with E-state index < -0.39 is 0 Å². The lowest BCUT2D eigenvalue weighted by Crippen LogP contribution is -3.11. The van der Waals surface area contributed by atoms with E-state index in [9.17, 15) is 9.59 Å². The molecule has 0 unspecified atom stereocenters. The van der Waals surface area contributed by atoms with Gasteiger partial charge in [0.25, 0.3) is 11.8 Å². The van der Waals surface area contributed by atoms with Crippen LogP contribution >= 0.6 is 0 Å². The van der Waals surface area contributed by atoms with E-state index in [0.29, 0.717) is 12.1 Å².